The van der Waals surface area contributed by atoms with Gasteiger partial charge in [0.2, 0.25) is 0 Å². The standard InChI is InChI=1S/C13H15BrN2OS/c1-8-10(5-11(14)18-8)12-9(7-17)6-16(15-12)13(2,3)4/h5-7H,1-4H3. The Balaban J connectivity index is 2.60. The van der Waals surface area contributed by atoms with Gasteiger partial charge in [-0.3, -0.25) is 9.48 Å². The minimum absolute atomic E-state index is 0.128. The van der Waals surface area contributed by atoms with E-state index in [1.807, 2.05) is 23.9 Å². The fourth-order valence-electron chi connectivity index (χ4n) is 1.71. The van der Waals surface area contributed by atoms with E-state index in [0.29, 0.717) is 5.56 Å². The number of carbonyl (C=O) groups excluding carboxylic acids is 1. The number of carbonyl (C=O) groups is 1. The predicted octanol–water partition coefficient (Wildman–Crippen LogP) is 4.25. The first-order valence-corrected chi connectivity index (χ1v) is 7.25. The molecule has 0 aliphatic carbocycles. The number of thiophene rings is 1. The van der Waals surface area contributed by atoms with E-state index in [0.717, 1.165) is 26.2 Å². The molecule has 3 nitrogen and oxygen atoms in total. The zero-order chi connectivity index (χ0) is 13.5. The second-order valence-corrected chi connectivity index (χ2v) is 7.82. The summed E-state index contributed by atoms with van der Waals surface area (Å²) in [6.07, 6.45) is 2.68. The summed E-state index contributed by atoms with van der Waals surface area (Å²) in [5, 5.41) is 4.57. The third-order valence-corrected chi connectivity index (χ3v) is 4.25. The first kappa shape index (κ1) is 13.5. The molecule has 0 spiro atoms. The summed E-state index contributed by atoms with van der Waals surface area (Å²) >= 11 is 5.12. The molecule has 0 aliphatic heterocycles. The lowest BCUT2D eigenvalue weighted by Crippen LogP contribution is -2.22. The molecule has 0 saturated carbocycles. The SMILES string of the molecule is Cc1sc(Br)cc1-c1nn(C(C)(C)C)cc1C=O. The van der Waals surface area contributed by atoms with Crippen LogP contribution in [-0.2, 0) is 5.54 Å². The van der Waals surface area contributed by atoms with Crippen molar-refractivity contribution in [3.05, 3.63) is 26.5 Å². The van der Waals surface area contributed by atoms with Gasteiger partial charge in [0.05, 0.1) is 14.9 Å². The van der Waals surface area contributed by atoms with Crippen molar-refractivity contribution in [2.24, 2.45) is 0 Å². The smallest absolute Gasteiger partial charge is 0.153 e. The van der Waals surface area contributed by atoms with Gasteiger partial charge in [-0.2, -0.15) is 5.10 Å². The molecule has 0 amide bonds. The molecule has 0 fully saturated rings. The number of halogens is 1. The number of hydrogen-bond donors (Lipinski definition) is 0. The Morgan fingerprint density at radius 2 is 2.11 bits per heavy atom. The van der Waals surface area contributed by atoms with Crippen LogP contribution in [0.15, 0.2) is 16.0 Å². The normalized spacial score (nSPS) is 11.8. The van der Waals surface area contributed by atoms with Crippen molar-refractivity contribution in [3.63, 3.8) is 0 Å². The number of aldehydes is 1. The molecule has 0 aliphatic rings. The second kappa shape index (κ2) is 4.63. The van der Waals surface area contributed by atoms with Crippen molar-refractivity contribution in [1.29, 1.82) is 0 Å². The van der Waals surface area contributed by atoms with Crippen LogP contribution in [0.3, 0.4) is 0 Å². The van der Waals surface area contributed by atoms with E-state index >= 15 is 0 Å². The minimum Gasteiger partial charge on any atom is -0.298 e. The molecule has 2 aromatic rings. The van der Waals surface area contributed by atoms with Gasteiger partial charge in [-0.25, -0.2) is 0 Å². The van der Waals surface area contributed by atoms with E-state index in [9.17, 15) is 4.79 Å². The average Bonchev–Trinajstić information content (AvgIpc) is 2.80. The lowest BCUT2D eigenvalue weighted by atomic mass is 10.1. The number of rotatable bonds is 2. The van der Waals surface area contributed by atoms with Gasteiger partial charge in [0, 0.05) is 16.6 Å². The van der Waals surface area contributed by atoms with Crippen LogP contribution in [0.25, 0.3) is 11.3 Å². The van der Waals surface area contributed by atoms with E-state index in [1.54, 1.807) is 11.3 Å². The number of nitrogens with zero attached hydrogens (tertiary/aromatic N) is 2. The molecular formula is C13H15BrN2OS. The minimum atomic E-state index is -0.128. The van der Waals surface area contributed by atoms with Crippen LogP contribution in [0.5, 0.6) is 0 Å². The molecule has 0 saturated heterocycles. The molecule has 5 heteroatoms. The second-order valence-electron chi connectivity index (χ2n) is 5.19. The third-order valence-electron chi connectivity index (χ3n) is 2.70. The van der Waals surface area contributed by atoms with Crippen molar-refractivity contribution in [1.82, 2.24) is 9.78 Å². The summed E-state index contributed by atoms with van der Waals surface area (Å²) in [5.41, 5.74) is 2.30. The Hall–Kier alpha value is -0.940. The van der Waals surface area contributed by atoms with Gasteiger partial charge in [-0.05, 0) is 49.7 Å². The van der Waals surface area contributed by atoms with Crippen molar-refractivity contribution < 1.29 is 4.79 Å². The summed E-state index contributed by atoms with van der Waals surface area (Å²) in [6.45, 7) is 8.23. The van der Waals surface area contributed by atoms with E-state index in [2.05, 4.69) is 41.8 Å². The zero-order valence-electron chi connectivity index (χ0n) is 10.8. The first-order valence-electron chi connectivity index (χ1n) is 5.64. The summed E-state index contributed by atoms with van der Waals surface area (Å²) < 4.78 is 2.90. The molecule has 2 rings (SSSR count). The van der Waals surface area contributed by atoms with Gasteiger partial charge in [0.1, 0.15) is 5.69 Å². The van der Waals surface area contributed by atoms with Crippen LogP contribution in [0.4, 0.5) is 0 Å². The highest BCUT2D eigenvalue weighted by molar-refractivity contribution is 9.11. The van der Waals surface area contributed by atoms with Gasteiger partial charge in [0.15, 0.2) is 6.29 Å². The van der Waals surface area contributed by atoms with Crippen molar-refractivity contribution in [2.45, 2.75) is 33.2 Å². The maximum Gasteiger partial charge on any atom is 0.153 e. The molecule has 0 aromatic carbocycles. The molecule has 0 N–H and O–H groups in total. The maximum absolute atomic E-state index is 11.2. The summed E-state index contributed by atoms with van der Waals surface area (Å²) in [4.78, 5) is 12.4. The Labute approximate surface area is 119 Å². The van der Waals surface area contributed by atoms with Crippen molar-refractivity contribution in [2.75, 3.05) is 0 Å². The Bertz CT molecular complexity index is 593. The number of aromatic nitrogens is 2. The van der Waals surface area contributed by atoms with E-state index < -0.39 is 0 Å². The predicted molar refractivity (Wildman–Crippen MR) is 78.4 cm³/mol. The molecule has 18 heavy (non-hydrogen) atoms. The zero-order valence-corrected chi connectivity index (χ0v) is 13.2. The number of aryl methyl sites for hydroxylation is 1. The van der Waals surface area contributed by atoms with Gasteiger partial charge in [-0.1, -0.05) is 0 Å². The van der Waals surface area contributed by atoms with E-state index in [1.165, 1.54) is 0 Å². The first-order chi connectivity index (χ1) is 8.32. The summed E-state index contributed by atoms with van der Waals surface area (Å²) in [5.74, 6) is 0. The molecular weight excluding hydrogens is 312 g/mol. The Morgan fingerprint density at radius 1 is 1.44 bits per heavy atom. The fraction of sp³-hybridized carbons (Fsp3) is 0.385. The van der Waals surface area contributed by atoms with Crippen LogP contribution in [0, 0.1) is 6.92 Å². The molecule has 2 heterocycles. The van der Waals surface area contributed by atoms with Gasteiger partial charge in [0.25, 0.3) is 0 Å². The summed E-state index contributed by atoms with van der Waals surface area (Å²) in [6, 6.07) is 2.02. The van der Waals surface area contributed by atoms with Crippen LogP contribution in [0.1, 0.15) is 36.0 Å². The third kappa shape index (κ3) is 2.42. The van der Waals surface area contributed by atoms with E-state index in [-0.39, 0.29) is 5.54 Å². The maximum atomic E-state index is 11.2. The number of hydrogen-bond acceptors (Lipinski definition) is 3. The van der Waals surface area contributed by atoms with Crippen molar-refractivity contribution in [3.8, 4) is 11.3 Å². The molecule has 0 radical (unpaired) electrons. The van der Waals surface area contributed by atoms with Gasteiger partial charge >= 0.3 is 0 Å². The molecule has 96 valence electrons. The van der Waals surface area contributed by atoms with E-state index in [4.69, 9.17) is 0 Å². The Kier molecular flexibility index (Phi) is 3.47. The van der Waals surface area contributed by atoms with Crippen LogP contribution in [0.2, 0.25) is 0 Å². The highest BCUT2D eigenvalue weighted by Crippen LogP contribution is 2.35. The molecule has 2 aromatic heterocycles. The van der Waals surface area contributed by atoms with Crippen LogP contribution >= 0.6 is 27.3 Å². The lowest BCUT2D eigenvalue weighted by molar-refractivity contribution is 0.112. The Morgan fingerprint density at radius 3 is 2.56 bits per heavy atom. The molecule has 0 atom stereocenters. The molecule has 0 bridgehead atoms. The largest absolute Gasteiger partial charge is 0.298 e. The van der Waals surface area contributed by atoms with Crippen molar-refractivity contribution >= 4 is 33.6 Å². The quantitative estimate of drug-likeness (QED) is 0.773. The fourth-order valence-corrected chi connectivity index (χ4v) is 3.40. The van der Waals surface area contributed by atoms with Crippen LogP contribution < -0.4 is 0 Å². The summed E-state index contributed by atoms with van der Waals surface area (Å²) in [7, 11) is 0. The highest BCUT2D eigenvalue weighted by atomic mass is 79.9. The monoisotopic (exact) mass is 326 g/mol. The molecule has 0 unspecified atom stereocenters. The van der Waals surface area contributed by atoms with Crippen LogP contribution in [-0.4, -0.2) is 16.1 Å². The average molecular weight is 327 g/mol. The van der Waals surface area contributed by atoms with Gasteiger partial charge in [-0.15, -0.1) is 11.3 Å². The highest BCUT2D eigenvalue weighted by Gasteiger charge is 2.20. The lowest BCUT2D eigenvalue weighted by Gasteiger charge is -2.18. The topological polar surface area (TPSA) is 34.9 Å². The van der Waals surface area contributed by atoms with Gasteiger partial charge < -0.3 is 0 Å².